The minimum atomic E-state index is -0.273. The zero-order valence-corrected chi connectivity index (χ0v) is 13.6. The SMILES string of the molecule is CC(Cl)c1nc2c(F)cccc2n1CC1CSCCS1. The van der Waals surface area contributed by atoms with Crippen LogP contribution >= 0.6 is 35.1 Å². The van der Waals surface area contributed by atoms with Crippen molar-refractivity contribution in [1.82, 2.24) is 9.55 Å². The summed E-state index contributed by atoms with van der Waals surface area (Å²) in [6, 6.07) is 5.11. The molecule has 6 heteroatoms. The number of halogens is 2. The molecule has 2 unspecified atom stereocenters. The van der Waals surface area contributed by atoms with Crippen molar-refractivity contribution in [3.05, 3.63) is 29.8 Å². The topological polar surface area (TPSA) is 17.8 Å². The van der Waals surface area contributed by atoms with Gasteiger partial charge >= 0.3 is 0 Å². The fourth-order valence-corrected chi connectivity index (χ4v) is 5.29. The van der Waals surface area contributed by atoms with Gasteiger partial charge in [0, 0.05) is 29.1 Å². The van der Waals surface area contributed by atoms with Gasteiger partial charge in [0.15, 0.2) is 5.82 Å². The Morgan fingerprint density at radius 2 is 2.35 bits per heavy atom. The van der Waals surface area contributed by atoms with Crippen LogP contribution in [0.25, 0.3) is 11.0 Å². The predicted octanol–water partition coefficient (Wildman–Crippen LogP) is 4.32. The molecule has 1 saturated heterocycles. The number of thioether (sulfide) groups is 2. The molecule has 0 N–H and O–H groups in total. The molecule has 1 aromatic carbocycles. The van der Waals surface area contributed by atoms with Crippen molar-refractivity contribution in [2.75, 3.05) is 17.3 Å². The Morgan fingerprint density at radius 3 is 3.05 bits per heavy atom. The third-order valence-electron chi connectivity index (χ3n) is 3.39. The standard InChI is InChI=1S/C14H16ClFN2S2/c1-9(15)14-17-13-11(16)3-2-4-12(13)18(14)7-10-8-19-5-6-20-10/h2-4,9-10H,5-8H2,1H3. The van der Waals surface area contributed by atoms with Crippen molar-refractivity contribution in [2.24, 2.45) is 0 Å². The third-order valence-corrected chi connectivity index (χ3v) is 6.41. The average molecular weight is 331 g/mol. The number of hydrogen-bond acceptors (Lipinski definition) is 3. The normalized spacial score (nSPS) is 21.2. The zero-order valence-electron chi connectivity index (χ0n) is 11.2. The third kappa shape index (κ3) is 2.81. The average Bonchev–Trinajstić information content (AvgIpc) is 2.81. The maximum atomic E-state index is 13.9. The molecule has 1 aromatic heterocycles. The van der Waals surface area contributed by atoms with E-state index < -0.39 is 0 Å². The second-order valence-electron chi connectivity index (χ2n) is 4.87. The Bertz CT molecular complexity index is 608. The van der Waals surface area contributed by atoms with Crippen LogP contribution in [-0.4, -0.2) is 32.1 Å². The Hall–Kier alpha value is -0.390. The molecule has 0 radical (unpaired) electrons. The van der Waals surface area contributed by atoms with Gasteiger partial charge in [-0.1, -0.05) is 6.07 Å². The summed E-state index contributed by atoms with van der Waals surface area (Å²) in [6.07, 6.45) is 0. The molecule has 2 aromatic rings. The Kier molecular flexibility index (Phi) is 4.48. The number of hydrogen-bond donors (Lipinski definition) is 0. The molecule has 0 amide bonds. The summed E-state index contributed by atoms with van der Waals surface area (Å²) in [5.74, 6) is 4.03. The van der Waals surface area contributed by atoms with E-state index in [0.29, 0.717) is 10.8 Å². The molecular weight excluding hydrogens is 315 g/mol. The van der Waals surface area contributed by atoms with Crippen LogP contribution in [0.15, 0.2) is 18.2 Å². The highest BCUT2D eigenvalue weighted by Gasteiger charge is 2.21. The van der Waals surface area contributed by atoms with E-state index in [1.807, 2.05) is 36.5 Å². The number of benzene rings is 1. The highest BCUT2D eigenvalue weighted by atomic mass is 35.5. The van der Waals surface area contributed by atoms with Crippen LogP contribution in [0.4, 0.5) is 4.39 Å². The lowest BCUT2D eigenvalue weighted by molar-refractivity contribution is 0.637. The first kappa shape index (κ1) is 14.5. The van der Waals surface area contributed by atoms with E-state index in [2.05, 4.69) is 9.55 Å². The van der Waals surface area contributed by atoms with Crippen LogP contribution in [0.3, 0.4) is 0 Å². The van der Waals surface area contributed by atoms with Crippen LogP contribution in [0, 0.1) is 5.82 Å². The van der Waals surface area contributed by atoms with E-state index in [9.17, 15) is 4.39 Å². The van der Waals surface area contributed by atoms with E-state index in [1.54, 1.807) is 6.07 Å². The lowest BCUT2D eigenvalue weighted by Gasteiger charge is -2.23. The fourth-order valence-electron chi connectivity index (χ4n) is 2.47. The molecule has 2 heterocycles. The van der Waals surface area contributed by atoms with Crippen molar-refractivity contribution in [1.29, 1.82) is 0 Å². The van der Waals surface area contributed by atoms with Gasteiger partial charge in [0.2, 0.25) is 0 Å². The van der Waals surface area contributed by atoms with Gasteiger partial charge < -0.3 is 4.57 Å². The summed E-state index contributed by atoms with van der Waals surface area (Å²) < 4.78 is 16.0. The largest absolute Gasteiger partial charge is 0.326 e. The fraction of sp³-hybridized carbons (Fsp3) is 0.500. The molecule has 1 fully saturated rings. The van der Waals surface area contributed by atoms with Crippen molar-refractivity contribution in [3.63, 3.8) is 0 Å². The first-order valence-corrected chi connectivity index (χ1v) is 9.29. The smallest absolute Gasteiger partial charge is 0.151 e. The monoisotopic (exact) mass is 330 g/mol. The summed E-state index contributed by atoms with van der Waals surface area (Å²) in [5, 5.41) is 0.326. The van der Waals surface area contributed by atoms with Gasteiger partial charge in [0.05, 0.1) is 10.9 Å². The molecule has 2 nitrogen and oxygen atoms in total. The van der Waals surface area contributed by atoms with Gasteiger partial charge in [-0.2, -0.15) is 23.5 Å². The molecule has 3 rings (SSSR count). The van der Waals surface area contributed by atoms with Gasteiger partial charge in [-0.3, -0.25) is 0 Å². The quantitative estimate of drug-likeness (QED) is 0.780. The van der Waals surface area contributed by atoms with E-state index in [0.717, 1.165) is 23.6 Å². The highest BCUT2D eigenvalue weighted by Crippen LogP contribution is 2.30. The van der Waals surface area contributed by atoms with Crippen molar-refractivity contribution in [3.8, 4) is 0 Å². The van der Waals surface area contributed by atoms with E-state index >= 15 is 0 Å². The second kappa shape index (κ2) is 6.16. The van der Waals surface area contributed by atoms with Gasteiger partial charge in [-0.15, -0.1) is 11.6 Å². The van der Waals surface area contributed by atoms with Gasteiger partial charge in [-0.05, 0) is 19.1 Å². The Balaban J connectivity index is 2.02. The minimum absolute atomic E-state index is 0.219. The number of aromatic nitrogens is 2. The summed E-state index contributed by atoms with van der Waals surface area (Å²) in [5.41, 5.74) is 1.28. The highest BCUT2D eigenvalue weighted by molar-refractivity contribution is 8.06. The predicted molar refractivity (Wildman–Crippen MR) is 87.5 cm³/mol. The number of alkyl halides is 1. The molecule has 1 aliphatic rings. The van der Waals surface area contributed by atoms with Gasteiger partial charge in [0.1, 0.15) is 11.3 Å². The van der Waals surface area contributed by atoms with Crippen molar-refractivity contribution < 1.29 is 4.39 Å². The van der Waals surface area contributed by atoms with Crippen molar-refractivity contribution in [2.45, 2.75) is 24.1 Å². The minimum Gasteiger partial charge on any atom is -0.326 e. The maximum absolute atomic E-state index is 13.9. The van der Waals surface area contributed by atoms with E-state index in [1.165, 1.54) is 17.6 Å². The number of para-hydroxylation sites is 1. The first-order valence-electron chi connectivity index (χ1n) is 6.65. The number of nitrogens with zero attached hydrogens (tertiary/aromatic N) is 2. The molecule has 0 bridgehead atoms. The van der Waals surface area contributed by atoms with Crippen LogP contribution in [0.1, 0.15) is 18.1 Å². The summed E-state index contributed by atoms with van der Waals surface area (Å²) >= 11 is 10.2. The first-order chi connectivity index (χ1) is 9.66. The Morgan fingerprint density at radius 1 is 1.50 bits per heavy atom. The van der Waals surface area contributed by atoms with Crippen LogP contribution in [0.2, 0.25) is 0 Å². The van der Waals surface area contributed by atoms with Gasteiger partial charge in [-0.25, -0.2) is 9.37 Å². The van der Waals surface area contributed by atoms with E-state index in [4.69, 9.17) is 11.6 Å². The molecular formula is C14H16ClFN2S2. The number of fused-ring (bicyclic) bond motifs is 1. The Labute approximate surface area is 131 Å². The van der Waals surface area contributed by atoms with Gasteiger partial charge in [0.25, 0.3) is 0 Å². The molecule has 20 heavy (non-hydrogen) atoms. The van der Waals surface area contributed by atoms with Crippen molar-refractivity contribution >= 4 is 46.2 Å². The lowest BCUT2D eigenvalue weighted by Crippen LogP contribution is -2.21. The second-order valence-corrected chi connectivity index (χ2v) is 8.08. The molecule has 0 spiro atoms. The van der Waals surface area contributed by atoms with E-state index in [-0.39, 0.29) is 11.2 Å². The van der Waals surface area contributed by atoms with Crippen LogP contribution in [-0.2, 0) is 6.54 Å². The van der Waals surface area contributed by atoms with Crippen LogP contribution in [0.5, 0.6) is 0 Å². The molecule has 108 valence electrons. The lowest BCUT2D eigenvalue weighted by atomic mass is 10.3. The maximum Gasteiger partial charge on any atom is 0.151 e. The molecule has 1 aliphatic heterocycles. The molecule has 0 aliphatic carbocycles. The zero-order chi connectivity index (χ0) is 14.1. The number of imidazole rings is 1. The molecule has 2 atom stereocenters. The molecule has 0 saturated carbocycles. The summed E-state index contributed by atoms with van der Waals surface area (Å²) in [4.78, 5) is 4.42. The van der Waals surface area contributed by atoms with Crippen LogP contribution < -0.4 is 0 Å². The summed E-state index contributed by atoms with van der Waals surface area (Å²) in [7, 11) is 0. The number of rotatable bonds is 3. The summed E-state index contributed by atoms with van der Waals surface area (Å²) in [6.45, 7) is 2.74.